The second-order valence-corrected chi connectivity index (χ2v) is 5.59. The average Bonchev–Trinajstić information content (AvgIpc) is 2.70. The zero-order chi connectivity index (χ0) is 14.7. The maximum atomic E-state index is 5.70. The third kappa shape index (κ3) is 3.10. The first kappa shape index (κ1) is 14.8. The van der Waals surface area contributed by atoms with Crippen LogP contribution in [0.5, 0.6) is 5.75 Å². The number of ether oxygens (including phenoxy) is 1. The van der Waals surface area contributed by atoms with Crippen LogP contribution in [0.2, 0.25) is 0 Å². The van der Waals surface area contributed by atoms with Crippen molar-refractivity contribution in [1.29, 1.82) is 0 Å². The molecule has 1 aromatic heterocycles. The van der Waals surface area contributed by atoms with Crippen LogP contribution in [0.4, 0.5) is 5.95 Å². The highest BCUT2D eigenvalue weighted by Gasteiger charge is 2.08. The Balaban J connectivity index is 2.21. The van der Waals surface area contributed by atoms with Crippen molar-refractivity contribution >= 4 is 44.0 Å². The lowest BCUT2D eigenvalue weighted by Crippen LogP contribution is -2.13. The molecule has 106 valence electrons. The molecule has 0 amide bonds. The Labute approximate surface area is 132 Å². The van der Waals surface area contributed by atoms with Gasteiger partial charge in [-0.3, -0.25) is 0 Å². The van der Waals surface area contributed by atoms with Gasteiger partial charge in [0.1, 0.15) is 5.75 Å². The molecule has 0 aliphatic heterocycles. The molecule has 0 aliphatic carbocycles. The van der Waals surface area contributed by atoms with E-state index in [4.69, 9.17) is 10.6 Å². The zero-order valence-corrected chi connectivity index (χ0v) is 13.9. The Kier molecular flexibility index (Phi) is 4.61. The molecule has 0 saturated heterocycles. The Morgan fingerprint density at radius 2 is 2.15 bits per heavy atom. The van der Waals surface area contributed by atoms with Gasteiger partial charge in [-0.1, -0.05) is 15.9 Å². The number of aryl methyl sites for hydroxylation is 1. The molecule has 3 N–H and O–H groups in total. The number of hydrogen-bond acceptors (Lipinski definition) is 6. The van der Waals surface area contributed by atoms with Gasteiger partial charge < -0.3 is 10.6 Å². The van der Waals surface area contributed by atoms with Gasteiger partial charge in [0.15, 0.2) is 5.82 Å². The van der Waals surface area contributed by atoms with Crippen LogP contribution in [0.25, 0.3) is 0 Å². The molecule has 2 rings (SSSR count). The molecule has 0 spiro atoms. The van der Waals surface area contributed by atoms with Crippen LogP contribution in [0.1, 0.15) is 11.4 Å². The molecule has 1 aromatic carbocycles. The molecule has 20 heavy (non-hydrogen) atoms. The lowest BCUT2D eigenvalue weighted by molar-refractivity contribution is 0.411. The molecule has 1 heterocycles. The number of rotatable bonds is 4. The van der Waals surface area contributed by atoms with E-state index in [-0.39, 0.29) is 0 Å². The van der Waals surface area contributed by atoms with Gasteiger partial charge in [-0.15, -0.1) is 10.2 Å². The monoisotopic (exact) mass is 402 g/mol. The van der Waals surface area contributed by atoms with Gasteiger partial charge >= 0.3 is 0 Å². The number of nitrogens with one attached hydrogen (secondary N) is 1. The fraction of sp³-hybridized carbons (Fsp3) is 0.182. The lowest BCUT2D eigenvalue weighted by Gasteiger charge is -2.07. The summed E-state index contributed by atoms with van der Waals surface area (Å²) in [5.41, 5.74) is 3.51. The Bertz CT molecular complexity index is 655. The van der Waals surface area contributed by atoms with Crippen LogP contribution in [0.15, 0.2) is 26.2 Å². The Hall–Kier alpha value is -1.61. The van der Waals surface area contributed by atoms with Crippen LogP contribution >= 0.6 is 31.9 Å². The van der Waals surface area contributed by atoms with Crippen molar-refractivity contribution in [3.63, 3.8) is 0 Å². The maximum absolute atomic E-state index is 5.70. The largest absolute Gasteiger partial charge is 0.495 e. The zero-order valence-electron chi connectivity index (χ0n) is 10.8. The number of hydrogen-bond donors (Lipinski definition) is 2. The summed E-state index contributed by atoms with van der Waals surface area (Å²) in [4.78, 5) is 0. The summed E-state index contributed by atoms with van der Waals surface area (Å²) in [5.74, 6) is 7.33. The molecule has 0 bridgehead atoms. The van der Waals surface area contributed by atoms with Crippen molar-refractivity contribution < 1.29 is 4.74 Å². The number of anilines is 1. The molecule has 0 radical (unpaired) electrons. The van der Waals surface area contributed by atoms with E-state index in [0.717, 1.165) is 14.5 Å². The predicted octanol–water partition coefficient (Wildman–Crippen LogP) is 2.28. The van der Waals surface area contributed by atoms with E-state index >= 15 is 0 Å². The number of halogens is 2. The minimum absolute atomic E-state index is 0.353. The van der Waals surface area contributed by atoms with Gasteiger partial charge in [-0.2, -0.15) is 5.10 Å². The summed E-state index contributed by atoms with van der Waals surface area (Å²) in [7, 11) is 1.60. The van der Waals surface area contributed by atoms with Gasteiger partial charge in [0.05, 0.1) is 17.8 Å². The van der Waals surface area contributed by atoms with E-state index in [9.17, 15) is 0 Å². The van der Waals surface area contributed by atoms with E-state index < -0.39 is 0 Å². The molecule has 0 unspecified atom stereocenters. The molecular formula is C11H12Br2N6O. The summed E-state index contributed by atoms with van der Waals surface area (Å²) < 4.78 is 8.36. The maximum Gasteiger partial charge on any atom is 0.263 e. The average molecular weight is 404 g/mol. The van der Waals surface area contributed by atoms with Gasteiger partial charge in [0.25, 0.3) is 5.95 Å². The summed E-state index contributed by atoms with van der Waals surface area (Å²) >= 11 is 6.84. The number of benzene rings is 1. The minimum Gasteiger partial charge on any atom is -0.495 e. The number of nitrogen functional groups attached to an aromatic ring is 1. The van der Waals surface area contributed by atoms with E-state index in [1.54, 1.807) is 20.2 Å². The standard InChI is InChI=1S/C11H12Br2N6O/c1-6-16-18-11(19(6)14)17-15-5-7-3-8(12)4-9(13)10(7)20-2/h3-5H,14H2,1-2H3,(H,17,18)/b15-5+. The molecule has 0 aliphatic rings. The van der Waals surface area contributed by atoms with Crippen LogP contribution < -0.4 is 16.0 Å². The minimum atomic E-state index is 0.353. The molecule has 0 fully saturated rings. The van der Waals surface area contributed by atoms with Crippen LogP contribution in [0.3, 0.4) is 0 Å². The quantitative estimate of drug-likeness (QED) is 0.464. The summed E-state index contributed by atoms with van der Waals surface area (Å²) in [6, 6.07) is 3.77. The lowest BCUT2D eigenvalue weighted by atomic mass is 10.2. The van der Waals surface area contributed by atoms with E-state index in [0.29, 0.717) is 17.5 Å². The van der Waals surface area contributed by atoms with E-state index in [2.05, 4.69) is 52.6 Å². The van der Waals surface area contributed by atoms with Crippen molar-refractivity contribution in [2.45, 2.75) is 6.92 Å². The van der Waals surface area contributed by atoms with Crippen molar-refractivity contribution in [3.8, 4) is 5.75 Å². The highest BCUT2D eigenvalue weighted by atomic mass is 79.9. The van der Waals surface area contributed by atoms with Crippen LogP contribution in [0, 0.1) is 6.92 Å². The van der Waals surface area contributed by atoms with Crippen LogP contribution in [-0.4, -0.2) is 28.2 Å². The van der Waals surface area contributed by atoms with Crippen molar-refractivity contribution in [1.82, 2.24) is 14.9 Å². The molecule has 9 heteroatoms. The van der Waals surface area contributed by atoms with E-state index in [1.807, 2.05) is 12.1 Å². The highest BCUT2D eigenvalue weighted by molar-refractivity contribution is 9.11. The highest BCUT2D eigenvalue weighted by Crippen LogP contribution is 2.31. The first-order valence-electron chi connectivity index (χ1n) is 5.52. The smallest absolute Gasteiger partial charge is 0.263 e. The van der Waals surface area contributed by atoms with Crippen molar-refractivity contribution in [2.24, 2.45) is 5.10 Å². The number of aromatic nitrogens is 3. The van der Waals surface area contributed by atoms with Gasteiger partial charge in [-0.05, 0) is 35.0 Å². The number of nitrogens with zero attached hydrogens (tertiary/aromatic N) is 4. The Morgan fingerprint density at radius 1 is 1.40 bits per heavy atom. The van der Waals surface area contributed by atoms with Crippen LogP contribution in [-0.2, 0) is 0 Å². The fourth-order valence-electron chi connectivity index (χ4n) is 1.50. The summed E-state index contributed by atoms with van der Waals surface area (Å²) in [5, 5.41) is 11.7. The van der Waals surface area contributed by atoms with Gasteiger partial charge in [0, 0.05) is 10.0 Å². The van der Waals surface area contributed by atoms with Crippen molar-refractivity contribution in [3.05, 3.63) is 32.5 Å². The molecule has 0 saturated carbocycles. The van der Waals surface area contributed by atoms with E-state index in [1.165, 1.54) is 4.68 Å². The molecule has 7 nitrogen and oxygen atoms in total. The number of hydrazone groups is 1. The Morgan fingerprint density at radius 3 is 2.75 bits per heavy atom. The molecular weight excluding hydrogens is 392 g/mol. The predicted molar refractivity (Wildman–Crippen MR) is 84.5 cm³/mol. The third-order valence-corrected chi connectivity index (χ3v) is 3.52. The first-order valence-corrected chi connectivity index (χ1v) is 7.10. The SMILES string of the molecule is COc1c(Br)cc(Br)cc1/C=N/Nc1nnc(C)n1N. The fourth-order valence-corrected chi connectivity index (χ4v) is 2.92. The summed E-state index contributed by atoms with van der Waals surface area (Å²) in [6.45, 7) is 1.75. The second-order valence-electron chi connectivity index (χ2n) is 3.82. The normalized spacial score (nSPS) is 11.0. The number of nitrogens with two attached hydrogens (primary N) is 1. The first-order chi connectivity index (χ1) is 9.52. The number of methoxy groups -OCH3 is 1. The third-order valence-electron chi connectivity index (χ3n) is 2.48. The molecule has 2 aromatic rings. The topological polar surface area (TPSA) is 90.3 Å². The van der Waals surface area contributed by atoms with Crippen molar-refractivity contribution in [2.75, 3.05) is 18.4 Å². The van der Waals surface area contributed by atoms with Gasteiger partial charge in [0.2, 0.25) is 0 Å². The second kappa shape index (κ2) is 6.23. The van der Waals surface area contributed by atoms with Gasteiger partial charge in [-0.25, -0.2) is 10.1 Å². The summed E-state index contributed by atoms with van der Waals surface area (Å²) in [6.07, 6.45) is 1.61. The molecule has 0 atom stereocenters.